The Morgan fingerprint density at radius 3 is 2.47 bits per heavy atom. The third kappa shape index (κ3) is 4.20. The molecule has 0 bridgehead atoms. The van der Waals surface area contributed by atoms with E-state index in [-0.39, 0.29) is 29.6 Å². The molecule has 32 heavy (non-hydrogen) atoms. The average molecular weight is 434 g/mol. The second-order valence-electron chi connectivity index (χ2n) is 9.38. The van der Waals surface area contributed by atoms with Crippen LogP contribution in [-0.4, -0.2) is 34.8 Å². The standard InChI is InChI=1S/C25H31N5O2/c1-16(2)25(3)13-23(32)30(24(27)28-25)14-17-5-4-6-21(11-17)29-15-19(12-22(29)31)18-7-9-20(26)10-8-18/h4-11,16,19H,12-15,26H2,1-3H3,(H2,27,28). The zero-order chi connectivity index (χ0) is 23.0. The van der Waals surface area contributed by atoms with E-state index in [1.807, 2.05) is 74.2 Å². The van der Waals surface area contributed by atoms with Gasteiger partial charge in [0.25, 0.3) is 0 Å². The van der Waals surface area contributed by atoms with Crippen molar-refractivity contribution in [3.63, 3.8) is 0 Å². The molecule has 2 aliphatic heterocycles. The highest BCUT2D eigenvalue weighted by molar-refractivity contribution is 5.99. The van der Waals surface area contributed by atoms with E-state index in [4.69, 9.17) is 11.5 Å². The lowest BCUT2D eigenvalue weighted by Crippen LogP contribution is -2.51. The highest BCUT2D eigenvalue weighted by atomic mass is 16.2. The molecule has 4 rings (SSSR count). The van der Waals surface area contributed by atoms with Crippen LogP contribution < -0.4 is 16.4 Å². The van der Waals surface area contributed by atoms with Gasteiger partial charge in [0.2, 0.25) is 11.8 Å². The summed E-state index contributed by atoms with van der Waals surface area (Å²) in [5.41, 5.74) is 15.1. The first-order valence-corrected chi connectivity index (χ1v) is 11.1. The molecule has 0 saturated carbocycles. The van der Waals surface area contributed by atoms with Crippen LogP contribution in [0.25, 0.3) is 0 Å². The molecule has 7 heteroatoms. The number of anilines is 2. The van der Waals surface area contributed by atoms with Gasteiger partial charge < -0.3 is 16.4 Å². The van der Waals surface area contributed by atoms with Gasteiger partial charge in [0.1, 0.15) is 0 Å². The number of benzene rings is 2. The molecule has 2 atom stereocenters. The second-order valence-corrected chi connectivity index (χ2v) is 9.38. The van der Waals surface area contributed by atoms with E-state index >= 15 is 0 Å². The molecule has 2 heterocycles. The Morgan fingerprint density at radius 1 is 1.09 bits per heavy atom. The highest BCUT2D eigenvalue weighted by Gasteiger charge is 2.38. The minimum atomic E-state index is -0.474. The number of aliphatic imine (C=N–C) groups is 1. The Hall–Kier alpha value is -3.35. The van der Waals surface area contributed by atoms with E-state index < -0.39 is 5.54 Å². The van der Waals surface area contributed by atoms with E-state index in [1.165, 1.54) is 4.90 Å². The number of hydrogen-bond acceptors (Lipinski definition) is 5. The van der Waals surface area contributed by atoms with Gasteiger partial charge in [0, 0.05) is 30.3 Å². The molecule has 0 radical (unpaired) electrons. The van der Waals surface area contributed by atoms with E-state index in [9.17, 15) is 9.59 Å². The summed E-state index contributed by atoms with van der Waals surface area (Å²) in [7, 11) is 0. The fourth-order valence-corrected chi connectivity index (χ4v) is 4.35. The Morgan fingerprint density at radius 2 is 1.81 bits per heavy atom. The van der Waals surface area contributed by atoms with E-state index in [2.05, 4.69) is 4.99 Å². The quantitative estimate of drug-likeness (QED) is 0.706. The molecule has 2 aromatic rings. The summed E-state index contributed by atoms with van der Waals surface area (Å²) in [5, 5.41) is 0. The SMILES string of the molecule is CC(C)C1(C)CC(=O)N(Cc2cccc(N3CC(c4ccc(N)cc4)CC3=O)c2)C(N)=N1. The Kier molecular flexibility index (Phi) is 5.67. The van der Waals surface area contributed by atoms with Crippen molar-refractivity contribution in [2.45, 2.75) is 51.6 Å². The van der Waals surface area contributed by atoms with E-state index in [0.717, 1.165) is 16.8 Å². The van der Waals surface area contributed by atoms with Crippen LogP contribution in [-0.2, 0) is 16.1 Å². The molecule has 0 aromatic heterocycles. The maximum Gasteiger partial charge on any atom is 0.232 e. The molecule has 168 valence electrons. The second kappa shape index (κ2) is 8.30. The van der Waals surface area contributed by atoms with Gasteiger partial charge in [-0.05, 0) is 48.2 Å². The minimum absolute atomic E-state index is 0.0280. The van der Waals surface area contributed by atoms with Crippen LogP contribution in [0, 0.1) is 5.92 Å². The molecule has 2 unspecified atom stereocenters. The Labute approximate surface area is 189 Å². The van der Waals surface area contributed by atoms with Gasteiger partial charge in [0.15, 0.2) is 5.96 Å². The van der Waals surface area contributed by atoms with Crippen molar-refractivity contribution in [2.24, 2.45) is 16.6 Å². The first-order chi connectivity index (χ1) is 15.2. The van der Waals surface area contributed by atoms with Crippen molar-refractivity contribution in [3.05, 3.63) is 59.7 Å². The highest BCUT2D eigenvalue weighted by Crippen LogP contribution is 2.33. The summed E-state index contributed by atoms with van der Waals surface area (Å²) in [4.78, 5) is 33.6. The van der Waals surface area contributed by atoms with Gasteiger partial charge >= 0.3 is 0 Å². The fraction of sp³-hybridized carbons (Fsp3) is 0.400. The molecular formula is C25H31N5O2. The third-order valence-electron chi connectivity index (χ3n) is 6.80. The molecule has 1 saturated heterocycles. The lowest BCUT2D eigenvalue weighted by atomic mass is 9.84. The predicted octanol–water partition coefficient (Wildman–Crippen LogP) is 3.25. The summed E-state index contributed by atoms with van der Waals surface area (Å²) < 4.78 is 0. The summed E-state index contributed by atoms with van der Waals surface area (Å²) in [6, 6.07) is 15.5. The average Bonchev–Trinajstić information content (AvgIpc) is 3.13. The van der Waals surface area contributed by atoms with Gasteiger partial charge in [-0.1, -0.05) is 38.1 Å². The zero-order valence-corrected chi connectivity index (χ0v) is 18.9. The number of carbonyl (C=O) groups excluding carboxylic acids is 2. The van der Waals surface area contributed by atoms with Crippen molar-refractivity contribution in [1.82, 2.24) is 4.90 Å². The predicted molar refractivity (Wildman–Crippen MR) is 127 cm³/mol. The van der Waals surface area contributed by atoms with E-state index in [1.54, 1.807) is 0 Å². The Balaban J connectivity index is 1.51. The Bertz CT molecular complexity index is 1060. The smallest absolute Gasteiger partial charge is 0.232 e. The van der Waals surface area contributed by atoms with E-state index in [0.29, 0.717) is 31.6 Å². The van der Waals surface area contributed by atoms with Crippen LogP contribution in [0.15, 0.2) is 53.5 Å². The number of nitrogens with zero attached hydrogens (tertiary/aromatic N) is 3. The molecule has 0 spiro atoms. The summed E-state index contributed by atoms with van der Waals surface area (Å²) in [5.74, 6) is 0.660. The number of amides is 2. The molecule has 2 aliphatic rings. The molecular weight excluding hydrogens is 402 g/mol. The maximum atomic E-state index is 12.8. The van der Waals surface area contributed by atoms with Gasteiger partial charge in [-0.15, -0.1) is 0 Å². The lowest BCUT2D eigenvalue weighted by molar-refractivity contribution is -0.130. The van der Waals surface area contributed by atoms with Gasteiger partial charge in [-0.25, -0.2) is 4.99 Å². The molecule has 4 N–H and O–H groups in total. The largest absolute Gasteiger partial charge is 0.399 e. The maximum absolute atomic E-state index is 12.8. The number of hydrogen-bond donors (Lipinski definition) is 2. The summed E-state index contributed by atoms with van der Waals surface area (Å²) in [6.45, 7) is 7.02. The number of nitrogens with two attached hydrogens (primary N) is 2. The third-order valence-corrected chi connectivity index (χ3v) is 6.80. The number of carbonyl (C=O) groups is 2. The molecule has 0 aliphatic carbocycles. The van der Waals surface area contributed by atoms with Crippen LogP contribution in [0.2, 0.25) is 0 Å². The number of nitrogen functional groups attached to an aromatic ring is 1. The van der Waals surface area contributed by atoms with Crippen LogP contribution >= 0.6 is 0 Å². The van der Waals surface area contributed by atoms with Crippen molar-refractivity contribution in [1.29, 1.82) is 0 Å². The lowest BCUT2D eigenvalue weighted by Gasteiger charge is -2.37. The monoisotopic (exact) mass is 433 g/mol. The van der Waals surface area contributed by atoms with Crippen LogP contribution in [0.4, 0.5) is 11.4 Å². The normalized spacial score (nSPS) is 23.8. The molecule has 7 nitrogen and oxygen atoms in total. The molecule has 1 fully saturated rings. The van der Waals surface area contributed by atoms with Gasteiger partial charge in [-0.2, -0.15) is 0 Å². The fourth-order valence-electron chi connectivity index (χ4n) is 4.35. The topological polar surface area (TPSA) is 105 Å². The number of rotatable bonds is 5. The first-order valence-electron chi connectivity index (χ1n) is 11.1. The van der Waals surface area contributed by atoms with Crippen LogP contribution in [0.5, 0.6) is 0 Å². The van der Waals surface area contributed by atoms with Crippen molar-refractivity contribution in [3.8, 4) is 0 Å². The molecule has 2 aromatic carbocycles. The van der Waals surface area contributed by atoms with Crippen molar-refractivity contribution >= 4 is 29.1 Å². The minimum Gasteiger partial charge on any atom is -0.399 e. The van der Waals surface area contributed by atoms with Crippen molar-refractivity contribution < 1.29 is 9.59 Å². The summed E-state index contributed by atoms with van der Waals surface area (Å²) in [6.07, 6.45) is 0.797. The van der Waals surface area contributed by atoms with Crippen LogP contribution in [0.3, 0.4) is 0 Å². The molecule has 2 amide bonds. The summed E-state index contributed by atoms with van der Waals surface area (Å²) >= 11 is 0. The van der Waals surface area contributed by atoms with Gasteiger partial charge in [-0.3, -0.25) is 14.5 Å². The van der Waals surface area contributed by atoms with Gasteiger partial charge in [0.05, 0.1) is 18.5 Å². The van der Waals surface area contributed by atoms with Crippen LogP contribution in [0.1, 0.15) is 50.7 Å². The van der Waals surface area contributed by atoms with Crippen molar-refractivity contribution in [2.75, 3.05) is 17.2 Å². The first kappa shape index (κ1) is 21.9. The zero-order valence-electron chi connectivity index (χ0n) is 18.9. The number of guanidine groups is 1.